The molecule has 0 aromatic carbocycles. The van der Waals surface area contributed by atoms with Crippen molar-refractivity contribution in [1.29, 1.82) is 0 Å². The molecule has 8 heavy (non-hydrogen) atoms. The molecule has 0 unspecified atom stereocenters. The normalized spacial score (nSPS) is 7.88. The Morgan fingerprint density at radius 3 is 1.25 bits per heavy atom. The topological polar surface area (TPSA) is 3.24 Å². The highest BCUT2D eigenvalue weighted by Gasteiger charge is 2.06. The van der Waals surface area contributed by atoms with E-state index in [-0.39, 0.29) is 0 Å². The van der Waals surface area contributed by atoms with Crippen molar-refractivity contribution in [2.75, 3.05) is 14.1 Å². The summed E-state index contributed by atoms with van der Waals surface area (Å²) in [6.45, 7) is 0. The zero-order valence-electron chi connectivity index (χ0n) is 4.61. The zero-order valence-corrected chi connectivity index (χ0v) is 5.50. The Balaban J connectivity index is 0. The van der Waals surface area contributed by atoms with E-state index < -0.39 is 7.54 Å². The molecular formula is C2H7BF3NS. The summed E-state index contributed by atoms with van der Waals surface area (Å²) < 4.78 is 30.7. The molecule has 0 spiro atoms. The molecule has 0 saturated heterocycles. The minimum absolute atomic E-state index is 1.69. The van der Waals surface area contributed by atoms with Crippen molar-refractivity contribution in [2.24, 2.45) is 0 Å². The van der Waals surface area contributed by atoms with Gasteiger partial charge in [0.1, 0.15) is 0 Å². The van der Waals surface area contributed by atoms with Crippen LogP contribution in [-0.2, 0) is 0 Å². The molecule has 0 bridgehead atoms. The Hall–Kier alpha value is 0.165. The monoisotopic (exact) mass is 145 g/mol. The number of hydrogen-bond donors (Lipinski definition) is 1. The third-order valence-corrected chi connectivity index (χ3v) is 0. The molecule has 0 atom stereocenters. The number of halogens is 3. The van der Waals surface area contributed by atoms with Crippen LogP contribution in [0.2, 0.25) is 0 Å². The van der Waals surface area contributed by atoms with E-state index in [9.17, 15) is 12.9 Å². The van der Waals surface area contributed by atoms with Crippen LogP contribution in [0.5, 0.6) is 0 Å². The number of rotatable bonds is 0. The molecule has 0 aromatic heterocycles. The van der Waals surface area contributed by atoms with Gasteiger partial charge in [0.25, 0.3) is 0 Å². The highest BCUT2D eigenvalue weighted by molar-refractivity contribution is 7.77. The molecule has 0 aliphatic carbocycles. The molecule has 1 nitrogen and oxygen atoms in total. The highest BCUT2D eigenvalue weighted by atomic mass is 32.1. The maximum absolute atomic E-state index is 9.67. The lowest BCUT2D eigenvalue weighted by Crippen LogP contribution is -1.89. The molecule has 0 N–H and O–H groups in total. The highest BCUT2D eigenvalue weighted by Crippen LogP contribution is 1.80. The summed E-state index contributed by atoms with van der Waals surface area (Å²) >= 11 is 3.80. The van der Waals surface area contributed by atoms with Gasteiger partial charge in [0.15, 0.2) is 0 Å². The average Bonchev–Trinajstić information content (AvgIpc) is 1.25. The van der Waals surface area contributed by atoms with Gasteiger partial charge in [0.05, 0.1) is 0 Å². The SMILES string of the molecule is CN(C)S.FB(F)F. The molecule has 0 rings (SSSR count). The molecule has 0 fully saturated rings. The van der Waals surface area contributed by atoms with E-state index >= 15 is 0 Å². The molecule has 50 valence electrons. The van der Waals surface area contributed by atoms with Crippen LogP contribution < -0.4 is 0 Å². The predicted octanol–water partition coefficient (Wildman–Crippen LogP) is 1.27. The van der Waals surface area contributed by atoms with E-state index in [1.807, 2.05) is 14.1 Å². The fourth-order valence-electron chi connectivity index (χ4n) is 0. The predicted molar refractivity (Wildman–Crippen MR) is 31.8 cm³/mol. The lowest BCUT2D eigenvalue weighted by Gasteiger charge is -1.88. The van der Waals surface area contributed by atoms with Crippen molar-refractivity contribution in [3.05, 3.63) is 0 Å². The van der Waals surface area contributed by atoms with Gasteiger partial charge in [0.2, 0.25) is 0 Å². The summed E-state index contributed by atoms with van der Waals surface area (Å²) in [4.78, 5) is 0. The molecule has 6 heteroatoms. The standard InChI is InChI=1S/C2H7NS.BF3/c1-3(2)4;2-1(3)4/h4H,1-2H3;. The smallest absolute Gasteiger partial charge is 0.259 e. The van der Waals surface area contributed by atoms with Crippen molar-refractivity contribution < 1.29 is 12.9 Å². The molecular weight excluding hydrogens is 138 g/mol. The number of thiol groups is 1. The minimum atomic E-state index is -3.67. The summed E-state index contributed by atoms with van der Waals surface area (Å²) in [6, 6.07) is 0. The van der Waals surface area contributed by atoms with E-state index in [2.05, 4.69) is 12.8 Å². The summed E-state index contributed by atoms with van der Waals surface area (Å²) in [7, 11) is 0.0617. The Labute approximate surface area is 52.6 Å². The van der Waals surface area contributed by atoms with Crippen LogP contribution >= 0.6 is 12.8 Å². The molecule has 0 heterocycles. The van der Waals surface area contributed by atoms with Crippen LogP contribution in [0, 0.1) is 0 Å². The fourth-order valence-corrected chi connectivity index (χ4v) is 0. The summed E-state index contributed by atoms with van der Waals surface area (Å²) in [6.07, 6.45) is 0. The zero-order chi connectivity index (χ0) is 7.15. The fraction of sp³-hybridized carbons (Fsp3) is 1.00. The molecule has 0 amide bonds. The second-order valence-electron chi connectivity index (χ2n) is 1.09. The van der Waals surface area contributed by atoms with Crippen molar-refractivity contribution in [1.82, 2.24) is 4.31 Å². The van der Waals surface area contributed by atoms with Gasteiger partial charge in [-0.05, 0) is 14.1 Å². The van der Waals surface area contributed by atoms with Gasteiger partial charge < -0.3 is 0 Å². The van der Waals surface area contributed by atoms with Gasteiger partial charge in [-0.3, -0.25) is 17.3 Å². The van der Waals surface area contributed by atoms with E-state index in [1.54, 1.807) is 4.31 Å². The van der Waals surface area contributed by atoms with Crippen LogP contribution in [0.15, 0.2) is 0 Å². The Bertz CT molecular complexity index is 32.8. The largest absolute Gasteiger partial charge is 0.762 e. The lowest BCUT2D eigenvalue weighted by molar-refractivity contribution is 0.535. The lowest BCUT2D eigenvalue weighted by atomic mass is 10.5. The van der Waals surface area contributed by atoms with Gasteiger partial charge in [-0.25, -0.2) is 0 Å². The van der Waals surface area contributed by atoms with Crippen molar-refractivity contribution in [3.8, 4) is 0 Å². The molecule has 0 saturated carbocycles. The molecule has 0 aromatic rings. The van der Waals surface area contributed by atoms with Crippen LogP contribution in [0.3, 0.4) is 0 Å². The first-order chi connectivity index (χ1) is 3.46. The average molecular weight is 145 g/mol. The van der Waals surface area contributed by atoms with E-state index in [0.717, 1.165) is 0 Å². The molecule has 0 aliphatic heterocycles. The Morgan fingerprint density at radius 2 is 1.25 bits per heavy atom. The Morgan fingerprint density at radius 1 is 1.25 bits per heavy atom. The van der Waals surface area contributed by atoms with Crippen molar-refractivity contribution in [3.63, 3.8) is 0 Å². The first kappa shape index (κ1) is 11.0. The van der Waals surface area contributed by atoms with Crippen molar-refractivity contribution >= 4 is 20.4 Å². The van der Waals surface area contributed by atoms with Gasteiger partial charge in [0, 0.05) is 0 Å². The quantitative estimate of drug-likeness (QED) is 0.396. The van der Waals surface area contributed by atoms with Gasteiger partial charge >= 0.3 is 7.54 Å². The van der Waals surface area contributed by atoms with Crippen LogP contribution in [0.25, 0.3) is 0 Å². The first-order valence-corrected chi connectivity index (χ1v) is 2.15. The van der Waals surface area contributed by atoms with E-state index in [0.29, 0.717) is 0 Å². The summed E-state index contributed by atoms with van der Waals surface area (Å²) in [5.41, 5.74) is 0. The summed E-state index contributed by atoms with van der Waals surface area (Å²) in [5.74, 6) is 0. The second-order valence-corrected chi connectivity index (χ2v) is 1.89. The summed E-state index contributed by atoms with van der Waals surface area (Å²) in [5, 5.41) is 0. The third-order valence-electron chi connectivity index (χ3n) is 0. The van der Waals surface area contributed by atoms with Gasteiger partial charge in [-0.1, -0.05) is 12.8 Å². The molecule has 0 aliphatic rings. The van der Waals surface area contributed by atoms with E-state index in [4.69, 9.17) is 0 Å². The van der Waals surface area contributed by atoms with Crippen LogP contribution in [0.1, 0.15) is 0 Å². The number of nitrogens with zero attached hydrogens (tertiary/aromatic N) is 1. The minimum Gasteiger partial charge on any atom is -0.259 e. The van der Waals surface area contributed by atoms with Crippen molar-refractivity contribution in [2.45, 2.75) is 0 Å². The number of hydrogen-bond acceptors (Lipinski definition) is 2. The van der Waals surface area contributed by atoms with E-state index in [1.165, 1.54) is 0 Å². The van der Waals surface area contributed by atoms with Crippen LogP contribution in [-0.4, -0.2) is 25.9 Å². The Kier molecular flexibility index (Phi) is 9.88. The maximum Gasteiger partial charge on any atom is 0.762 e. The third kappa shape index (κ3) is 6050. The second kappa shape index (κ2) is 7.16. The molecule has 0 radical (unpaired) electrons. The van der Waals surface area contributed by atoms with Crippen LogP contribution in [0.4, 0.5) is 12.9 Å². The van der Waals surface area contributed by atoms with Gasteiger partial charge in [-0.2, -0.15) is 0 Å². The maximum atomic E-state index is 9.67. The first-order valence-electron chi connectivity index (χ1n) is 1.75. The van der Waals surface area contributed by atoms with Gasteiger partial charge in [-0.15, -0.1) is 0 Å².